The van der Waals surface area contributed by atoms with Crippen molar-refractivity contribution in [1.82, 2.24) is 0 Å². The highest BCUT2D eigenvalue weighted by molar-refractivity contribution is 14.2. The van der Waals surface area contributed by atoms with Crippen LogP contribution in [0.4, 0.5) is 0 Å². The molecule has 0 aliphatic heterocycles. The summed E-state index contributed by atoms with van der Waals surface area (Å²) >= 11 is 2.05. The third-order valence-electron chi connectivity index (χ3n) is 1.10. The highest BCUT2D eigenvalue weighted by atomic mass is 127. The van der Waals surface area contributed by atoms with Crippen molar-refractivity contribution in [3.05, 3.63) is 0 Å². The largest absolute Gasteiger partial charge is 0.468 e. The van der Waals surface area contributed by atoms with Crippen molar-refractivity contribution in [3.8, 4) is 11.2 Å². The van der Waals surface area contributed by atoms with E-state index < -0.39 is 5.41 Å². The van der Waals surface area contributed by atoms with E-state index in [2.05, 4.69) is 37.1 Å². The van der Waals surface area contributed by atoms with Gasteiger partial charge in [-0.15, -0.1) is 0 Å². The van der Waals surface area contributed by atoms with Crippen molar-refractivity contribution < 1.29 is 9.53 Å². The molecular weight excluding hydrogens is 275 g/mol. The van der Waals surface area contributed by atoms with Crippen molar-refractivity contribution in [1.29, 1.82) is 0 Å². The van der Waals surface area contributed by atoms with E-state index >= 15 is 0 Å². The van der Waals surface area contributed by atoms with Crippen LogP contribution < -0.4 is 0 Å². The van der Waals surface area contributed by atoms with Crippen LogP contribution in [-0.4, -0.2) is 13.1 Å². The van der Waals surface area contributed by atoms with E-state index in [0.29, 0.717) is 0 Å². The zero-order valence-electron chi connectivity index (χ0n) is 6.60. The second-order valence-corrected chi connectivity index (χ2v) is 4.10. The zero-order valence-corrected chi connectivity index (χ0v) is 9.58. The fraction of sp³-hybridized carbons (Fsp3) is 0.571. The van der Waals surface area contributed by atoms with Gasteiger partial charge in [0.1, 0.15) is 5.41 Å². The van der Waals surface area contributed by atoms with E-state index in [1.165, 1.54) is 16.0 Å². The molecule has 0 N–H and O–H groups in total. The van der Waals surface area contributed by atoms with Gasteiger partial charge < -0.3 is 4.74 Å². The molecule has 0 bridgehead atoms. The first-order chi connectivity index (χ1) is 5.04. The number of halogens is 1. The molecule has 0 aromatic heterocycles. The average molecular weight is 284 g/mol. The molecule has 0 heterocycles. The summed E-state index contributed by atoms with van der Waals surface area (Å²) in [6.07, 6.45) is 0. The number of ether oxygens (including phenoxy) is 1. The van der Waals surface area contributed by atoms with Crippen LogP contribution in [0.3, 0.4) is 0 Å². The van der Waals surface area contributed by atoms with Crippen molar-refractivity contribution in [2.75, 3.05) is 7.11 Å². The Labute approximate surface area is 83.0 Å². The van der Waals surface area contributed by atoms with Crippen LogP contribution in [0, 0.1) is 16.6 Å². The first-order valence-electron chi connectivity index (χ1n) is 2.92. The maximum absolute atomic E-state index is 11.0. The number of methoxy groups -OCH3 is 1. The number of hydrogen-bond donors (Lipinski definition) is 0. The summed E-state index contributed by atoms with van der Waals surface area (Å²) < 4.78 is 4.56. The van der Waals surface area contributed by atoms with E-state index in [0.717, 1.165) is 0 Å². The summed E-state index contributed by atoms with van der Waals surface area (Å²) in [5.41, 5.74) is -0.688. The molecule has 62 valence electrons. The molecule has 0 aliphatic carbocycles. The first-order valence-corrected chi connectivity index (χ1v) is 6.28. The van der Waals surface area contributed by atoms with Crippen molar-refractivity contribution in [3.63, 3.8) is 0 Å². The van der Waals surface area contributed by atoms with Gasteiger partial charge in [0.15, 0.2) is 0 Å². The molecule has 0 aromatic carbocycles. The van der Waals surface area contributed by atoms with Gasteiger partial charge in [-0.05, 0) is 28.0 Å². The van der Waals surface area contributed by atoms with Crippen molar-refractivity contribution in [2.24, 2.45) is 5.41 Å². The maximum atomic E-state index is 11.0. The Balaban J connectivity index is 4.33. The molecule has 0 fully saturated rings. The lowest BCUT2D eigenvalue weighted by Gasteiger charge is -2.12. The minimum atomic E-state index is -0.688. The Bertz CT molecular complexity index is 202. The molecule has 0 saturated carbocycles. The summed E-state index contributed by atoms with van der Waals surface area (Å²) in [6.45, 7) is 3.47. The third kappa shape index (κ3) is 3.87. The molecule has 0 amide bonds. The van der Waals surface area contributed by atoms with Crippen LogP contribution >= 0.6 is 30.1 Å². The molecule has 2 nitrogen and oxygen atoms in total. The number of carbonyl (C=O) groups excluding carboxylic acids is 1. The third-order valence-corrected chi connectivity index (χ3v) is 1.94. The van der Waals surface area contributed by atoms with E-state index in [4.69, 9.17) is 0 Å². The second-order valence-electron chi connectivity index (χ2n) is 2.42. The fourth-order valence-electron chi connectivity index (χ4n) is 0.453. The second kappa shape index (κ2) is 4.88. The SMILES string of the molecule is COC(=O)C(C)(C)C#CSI. The smallest absolute Gasteiger partial charge is 0.323 e. The fourth-order valence-corrected chi connectivity index (χ4v) is 1.08. The molecule has 0 saturated heterocycles. The quantitative estimate of drug-likeness (QED) is 0.419. The van der Waals surface area contributed by atoms with Crippen molar-refractivity contribution >= 4 is 36.1 Å². The van der Waals surface area contributed by atoms with Gasteiger partial charge in [-0.2, -0.15) is 0 Å². The molecule has 4 heteroatoms. The lowest BCUT2D eigenvalue weighted by Crippen LogP contribution is -2.23. The van der Waals surface area contributed by atoms with Gasteiger partial charge in [0.05, 0.1) is 7.11 Å². The summed E-state index contributed by atoms with van der Waals surface area (Å²) in [5, 5.41) is 2.76. The molecule has 0 unspecified atom stereocenters. The van der Waals surface area contributed by atoms with Crippen LogP contribution in [-0.2, 0) is 9.53 Å². The van der Waals surface area contributed by atoms with Crippen LogP contribution in [0.2, 0.25) is 0 Å². The molecule has 0 rings (SSSR count). The standard InChI is InChI=1S/C7H9IO2S/c1-7(2,4-5-11-8)6(9)10-3/h1-3H3. The molecule has 0 radical (unpaired) electrons. The number of hydrogen-bond acceptors (Lipinski definition) is 3. The summed E-state index contributed by atoms with van der Waals surface area (Å²) in [7, 11) is 2.72. The van der Waals surface area contributed by atoms with Gasteiger partial charge in [-0.25, -0.2) is 0 Å². The normalized spacial score (nSPS) is 9.82. The Morgan fingerprint density at radius 2 is 2.18 bits per heavy atom. The van der Waals surface area contributed by atoms with Gasteiger partial charge in [0.25, 0.3) is 0 Å². The topological polar surface area (TPSA) is 26.3 Å². The van der Waals surface area contributed by atoms with Gasteiger partial charge in [0, 0.05) is 21.2 Å². The van der Waals surface area contributed by atoms with Crippen LogP contribution in [0.25, 0.3) is 0 Å². The first kappa shape index (κ1) is 11.1. The minimum absolute atomic E-state index is 0.296. The van der Waals surface area contributed by atoms with Gasteiger partial charge in [-0.1, -0.05) is 5.92 Å². The lowest BCUT2D eigenvalue weighted by atomic mass is 9.95. The van der Waals surface area contributed by atoms with Gasteiger partial charge >= 0.3 is 5.97 Å². The lowest BCUT2D eigenvalue weighted by molar-refractivity contribution is -0.147. The van der Waals surface area contributed by atoms with Crippen LogP contribution in [0.1, 0.15) is 13.8 Å². The minimum Gasteiger partial charge on any atom is -0.468 e. The molecular formula is C7H9IO2S. The molecule has 0 spiro atoms. The highest BCUT2D eigenvalue weighted by Gasteiger charge is 2.25. The van der Waals surface area contributed by atoms with E-state index in [1.54, 1.807) is 13.8 Å². The number of esters is 1. The Hall–Kier alpha value is 0.110. The number of rotatable bonds is 1. The molecule has 0 atom stereocenters. The molecule has 11 heavy (non-hydrogen) atoms. The highest BCUT2D eigenvalue weighted by Crippen LogP contribution is 2.17. The van der Waals surface area contributed by atoms with Gasteiger partial charge in [0.2, 0.25) is 0 Å². The predicted molar refractivity (Wildman–Crippen MR) is 55.2 cm³/mol. The van der Waals surface area contributed by atoms with E-state index in [-0.39, 0.29) is 5.97 Å². The van der Waals surface area contributed by atoms with Gasteiger partial charge in [-0.3, -0.25) is 4.79 Å². The Morgan fingerprint density at radius 1 is 1.64 bits per heavy atom. The monoisotopic (exact) mass is 284 g/mol. The van der Waals surface area contributed by atoms with Crippen LogP contribution in [0.5, 0.6) is 0 Å². The predicted octanol–water partition coefficient (Wildman–Crippen LogP) is 2.23. The Kier molecular flexibility index (Phi) is 4.93. The summed E-state index contributed by atoms with van der Waals surface area (Å²) in [5.74, 6) is 2.49. The number of carbonyl (C=O) groups is 1. The van der Waals surface area contributed by atoms with E-state index in [1.807, 2.05) is 0 Å². The zero-order chi connectivity index (χ0) is 8.91. The van der Waals surface area contributed by atoms with Crippen LogP contribution in [0.15, 0.2) is 0 Å². The maximum Gasteiger partial charge on any atom is 0.323 e. The molecule has 0 aromatic rings. The summed E-state index contributed by atoms with van der Waals surface area (Å²) in [6, 6.07) is 0. The van der Waals surface area contributed by atoms with E-state index in [9.17, 15) is 4.79 Å². The van der Waals surface area contributed by atoms with Crippen molar-refractivity contribution in [2.45, 2.75) is 13.8 Å². The molecule has 0 aliphatic rings. The summed E-state index contributed by atoms with van der Waals surface area (Å²) in [4.78, 5) is 11.0. The average Bonchev–Trinajstić information content (AvgIpc) is 1.99. The Morgan fingerprint density at radius 3 is 2.55 bits per heavy atom.